The van der Waals surface area contributed by atoms with E-state index in [1.165, 1.54) is 23.9 Å². The summed E-state index contributed by atoms with van der Waals surface area (Å²) in [5.74, 6) is 0.270. The number of carbonyl (C=O) groups is 1. The molecule has 17 heavy (non-hydrogen) atoms. The van der Waals surface area contributed by atoms with E-state index >= 15 is 0 Å². The molecule has 94 valence electrons. The zero-order valence-corrected chi connectivity index (χ0v) is 9.95. The molecule has 0 spiro atoms. The highest BCUT2D eigenvalue weighted by atomic mass is 32.2. The van der Waals surface area contributed by atoms with E-state index in [2.05, 4.69) is 0 Å². The first kappa shape index (κ1) is 13.8. The fourth-order valence-corrected chi connectivity index (χ4v) is 1.80. The molecule has 0 aliphatic heterocycles. The Morgan fingerprint density at radius 3 is 2.71 bits per heavy atom. The minimum Gasteiger partial charge on any atom is -0.493 e. The van der Waals surface area contributed by atoms with Crippen LogP contribution in [0.3, 0.4) is 0 Å². The number of nitrogens with two attached hydrogens (primary N) is 1. The van der Waals surface area contributed by atoms with Crippen molar-refractivity contribution in [3.8, 4) is 5.75 Å². The Hall–Kier alpha value is -1.27. The molecule has 0 amide bonds. The summed E-state index contributed by atoms with van der Waals surface area (Å²) in [4.78, 5) is 10.4. The second kappa shape index (κ2) is 7.13. The van der Waals surface area contributed by atoms with Gasteiger partial charge in [-0.3, -0.25) is 4.79 Å². The van der Waals surface area contributed by atoms with E-state index in [1.54, 1.807) is 12.1 Å². The lowest BCUT2D eigenvalue weighted by molar-refractivity contribution is -0.137. The van der Waals surface area contributed by atoms with Crippen LogP contribution < -0.4 is 10.5 Å². The molecule has 0 radical (unpaired) electrons. The van der Waals surface area contributed by atoms with Crippen LogP contribution in [0.2, 0.25) is 0 Å². The van der Waals surface area contributed by atoms with Crippen LogP contribution in [-0.4, -0.2) is 35.2 Å². The maximum Gasteiger partial charge on any atom is 0.321 e. The SMILES string of the molecule is N[C@H](CSCCOc1ccc(F)cc1)C(=O)O. The molecule has 1 aromatic rings. The molecule has 0 unspecified atom stereocenters. The number of hydrogen-bond acceptors (Lipinski definition) is 4. The van der Waals surface area contributed by atoms with Crippen molar-refractivity contribution in [3.63, 3.8) is 0 Å². The van der Waals surface area contributed by atoms with E-state index in [0.717, 1.165) is 0 Å². The van der Waals surface area contributed by atoms with Crippen LogP contribution >= 0.6 is 11.8 Å². The smallest absolute Gasteiger partial charge is 0.321 e. The van der Waals surface area contributed by atoms with Gasteiger partial charge in [0.05, 0.1) is 6.61 Å². The van der Waals surface area contributed by atoms with Gasteiger partial charge in [0.25, 0.3) is 0 Å². The Bertz CT molecular complexity index is 358. The number of aliphatic carboxylic acids is 1. The number of hydrogen-bond donors (Lipinski definition) is 2. The topological polar surface area (TPSA) is 72.5 Å². The molecular formula is C11H14FNO3S. The molecule has 0 fully saturated rings. The lowest BCUT2D eigenvalue weighted by Gasteiger charge is -2.07. The molecule has 0 aliphatic carbocycles. The quantitative estimate of drug-likeness (QED) is 0.723. The van der Waals surface area contributed by atoms with Crippen LogP contribution in [0.5, 0.6) is 5.75 Å². The molecule has 0 aromatic heterocycles. The number of carboxylic acid groups (broad SMARTS) is 1. The number of ether oxygens (including phenoxy) is 1. The van der Waals surface area contributed by atoms with E-state index in [-0.39, 0.29) is 5.82 Å². The molecule has 3 N–H and O–H groups in total. The summed E-state index contributed by atoms with van der Waals surface area (Å²) in [5.41, 5.74) is 5.32. The van der Waals surface area contributed by atoms with E-state index in [4.69, 9.17) is 15.6 Å². The minimum absolute atomic E-state index is 0.306. The Morgan fingerprint density at radius 1 is 1.47 bits per heavy atom. The Balaban J connectivity index is 2.12. The fraction of sp³-hybridized carbons (Fsp3) is 0.364. The lowest BCUT2D eigenvalue weighted by atomic mass is 10.3. The molecule has 0 aliphatic rings. The largest absolute Gasteiger partial charge is 0.493 e. The molecular weight excluding hydrogens is 245 g/mol. The molecule has 1 aromatic carbocycles. The summed E-state index contributed by atoms with van der Waals surface area (Å²) in [6.07, 6.45) is 0. The van der Waals surface area contributed by atoms with Crippen LogP contribution in [0.25, 0.3) is 0 Å². The third kappa shape index (κ3) is 5.55. The third-order valence-electron chi connectivity index (χ3n) is 1.92. The zero-order chi connectivity index (χ0) is 12.7. The van der Waals surface area contributed by atoms with Crippen LogP contribution in [0.1, 0.15) is 0 Å². The highest BCUT2D eigenvalue weighted by Gasteiger charge is 2.10. The van der Waals surface area contributed by atoms with Crippen LogP contribution in [0, 0.1) is 5.82 Å². The van der Waals surface area contributed by atoms with Gasteiger partial charge in [0, 0.05) is 11.5 Å². The molecule has 0 bridgehead atoms. The maximum atomic E-state index is 12.6. The van der Waals surface area contributed by atoms with Gasteiger partial charge < -0.3 is 15.6 Å². The standard InChI is InChI=1S/C11H14FNO3S/c12-8-1-3-9(4-2-8)16-5-6-17-7-10(13)11(14)15/h1-4,10H,5-7,13H2,(H,14,15)/t10-/m1/s1. The number of rotatable bonds is 7. The summed E-state index contributed by atoms with van der Waals surface area (Å²) >= 11 is 1.41. The predicted molar refractivity (Wildman–Crippen MR) is 64.8 cm³/mol. The normalized spacial score (nSPS) is 12.1. The lowest BCUT2D eigenvalue weighted by Crippen LogP contribution is -2.32. The second-order valence-electron chi connectivity index (χ2n) is 3.32. The van der Waals surface area contributed by atoms with Gasteiger partial charge >= 0.3 is 5.97 Å². The van der Waals surface area contributed by atoms with Crippen molar-refractivity contribution in [1.82, 2.24) is 0 Å². The molecule has 1 rings (SSSR count). The van der Waals surface area contributed by atoms with E-state index in [0.29, 0.717) is 23.9 Å². The van der Waals surface area contributed by atoms with Gasteiger partial charge in [-0.1, -0.05) is 0 Å². The van der Waals surface area contributed by atoms with Crippen molar-refractivity contribution in [2.75, 3.05) is 18.1 Å². The second-order valence-corrected chi connectivity index (χ2v) is 4.47. The zero-order valence-electron chi connectivity index (χ0n) is 9.14. The first-order valence-corrected chi connectivity index (χ1v) is 6.19. The predicted octanol–water partition coefficient (Wildman–Crippen LogP) is 1.35. The average molecular weight is 259 g/mol. The third-order valence-corrected chi connectivity index (χ3v) is 2.97. The van der Waals surface area contributed by atoms with Crippen molar-refractivity contribution in [2.24, 2.45) is 5.73 Å². The van der Waals surface area contributed by atoms with Gasteiger partial charge in [0.1, 0.15) is 17.6 Å². The first-order chi connectivity index (χ1) is 8.09. The summed E-state index contributed by atoms with van der Waals surface area (Å²) in [6.45, 7) is 0.433. The summed E-state index contributed by atoms with van der Waals surface area (Å²) < 4.78 is 17.9. The Kier molecular flexibility index (Phi) is 5.79. The van der Waals surface area contributed by atoms with Crippen LogP contribution in [-0.2, 0) is 4.79 Å². The van der Waals surface area contributed by atoms with E-state index in [1.807, 2.05) is 0 Å². The average Bonchev–Trinajstić information content (AvgIpc) is 2.30. The Labute approximate surface area is 103 Å². The van der Waals surface area contributed by atoms with Crippen molar-refractivity contribution in [2.45, 2.75) is 6.04 Å². The maximum absolute atomic E-state index is 12.6. The van der Waals surface area contributed by atoms with Gasteiger partial charge in [0.15, 0.2) is 0 Å². The molecule has 6 heteroatoms. The van der Waals surface area contributed by atoms with Crippen molar-refractivity contribution < 1.29 is 19.0 Å². The van der Waals surface area contributed by atoms with E-state index in [9.17, 15) is 9.18 Å². The highest BCUT2D eigenvalue weighted by molar-refractivity contribution is 7.99. The number of halogens is 1. The van der Waals surface area contributed by atoms with E-state index < -0.39 is 12.0 Å². The molecule has 0 saturated carbocycles. The monoisotopic (exact) mass is 259 g/mol. The van der Waals surface area contributed by atoms with Gasteiger partial charge in [-0.2, -0.15) is 11.8 Å². The van der Waals surface area contributed by atoms with Gasteiger partial charge in [-0.25, -0.2) is 4.39 Å². The number of benzene rings is 1. The minimum atomic E-state index is -1.00. The van der Waals surface area contributed by atoms with Gasteiger partial charge in [-0.05, 0) is 24.3 Å². The van der Waals surface area contributed by atoms with Crippen LogP contribution in [0.4, 0.5) is 4.39 Å². The summed E-state index contributed by atoms with van der Waals surface area (Å²) in [7, 11) is 0. The van der Waals surface area contributed by atoms with Crippen molar-refractivity contribution >= 4 is 17.7 Å². The van der Waals surface area contributed by atoms with Crippen molar-refractivity contribution in [1.29, 1.82) is 0 Å². The first-order valence-electron chi connectivity index (χ1n) is 5.04. The van der Waals surface area contributed by atoms with Gasteiger partial charge in [-0.15, -0.1) is 0 Å². The van der Waals surface area contributed by atoms with Crippen molar-refractivity contribution in [3.05, 3.63) is 30.1 Å². The fourth-order valence-electron chi connectivity index (χ4n) is 1.03. The molecule has 1 atom stereocenters. The van der Waals surface area contributed by atoms with Gasteiger partial charge in [0.2, 0.25) is 0 Å². The van der Waals surface area contributed by atoms with Crippen LogP contribution in [0.15, 0.2) is 24.3 Å². The summed E-state index contributed by atoms with van der Waals surface area (Å²) in [6, 6.07) is 4.89. The Morgan fingerprint density at radius 2 is 2.12 bits per heavy atom. The molecule has 0 saturated heterocycles. The number of thioether (sulfide) groups is 1. The molecule has 0 heterocycles. The molecule has 4 nitrogen and oxygen atoms in total. The highest BCUT2D eigenvalue weighted by Crippen LogP contribution is 2.11. The summed E-state index contributed by atoms with van der Waals surface area (Å²) in [5, 5.41) is 8.54. The number of carboxylic acids is 1.